The van der Waals surface area contributed by atoms with Gasteiger partial charge in [0, 0.05) is 38.9 Å². The van der Waals surface area contributed by atoms with Crippen molar-refractivity contribution in [2.24, 2.45) is 5.92 Å². The van der Waals surface area contributed by atoms with Crippen LogP contribution in [0.15, 0.2) is 18.2 Å². The molecular weight excluding hydrogens is 228 g/mol. The quantitative estimate of drug-likeness (QED) is 0.870. The molecule has 2 heterocycles. The van der Waals surface area contributed by atoms with Crippen molar-refractivity contribution in [1.29, 1.82) is 0 Å². The van der Waals surface area contributed by atoms with Crippen molar-refractivity contribution in [3.63, 3.8) is 0 Å². The van der Waals surface area contributed by atoms with Crippen LogP contribution < -0.4 is 4.90 Å². The van der Waals surface area contributed by atoms with Crippen LogP contribution in [0.25, 0.3) is 0 Å². The highest BCUT2D eigenvalue weighted by Gasteiger charge is 2.32. The lowest BCUT2D eigenvalue weighted by molar-refractivity contribution is -0.147. The Kier molecular flexibility index (Phi) is 2.74. The minimum absolute atomic E-state index is 0.162. The average molecular weight is 246 g/mol. The van der Waals surface area contributed by atoms with Crippen LogP contribution in [-0.2, 0) is 17.8 Å². The lowest BCUT2D eigenvalue weighted by Crippen LogP contribution is -2.49. The zero-order chi connectivity index (χ0) is 12.7. The van der Waals surface area contributed by atoms with Gasteiger partial charge in [-0.25, -0.2) is 0 Å². The largest absolute Gasteiger partial charge is 0.481 e. The van der Waals surface area contributed by atoms with Crippen molar-refractivity contribution in [2.75, 3.05) is 31.6 Å². The second-order valence-electron chi connectivity index (χ2n) is 5.36. The average Bonchev–Trinajstić information content (AvgIpc) is 2.64. The first-order valence-electron chi connectivity index (χ1n) is 6.41. The number of anilines is 1. The molecule has 0 aliphatic carbocycles. The molecule has 1 N–H and O–H groups in total. The Bertz CT molecular complexity index is 481. The monoisotopic (exact) mass is 246 g/mol. The van der Waals surface area contributed by atoms with Gasteiger partial charge in [-0.15, -0.1) is 0 Å². The van der Waals surface area contributed by atoms with E-state index in [4.69, 9.17) is 5.11 Å². The van der Waals surface area contributed by atoms with Crippen LogP contribution in [0.5, 0.6) is 0 Å². The van der Waals surface area contributed by atoms with E-state index in [9.17, 15) is 4.79 Å². The standard InChI is InChI=1S/C14H18N2O2/c1-15-5-4-11-6-10(2-3-13(11)15)7-16-8-12(9-16)14(17)18/h2-3,6,12H,4-5,7-9H2,1H3,(H,17,18). The van der Waals surface area contributed by atoms with Gasteiger partial charge in [0.1, 0.15) is 0 Å². The number of rotatable bonds is 3. The summed E-state index contributed by atoms with van der Waals surface area (Å²) in [4.78, 5) is 15.2. The van der Waals surface area contributed by atoms with Gasteiger partial charge >= 0.3 is 5.97 Å². The fraction of sp³-hybridized carbons (Fsp3) is 0.500. The number of benzene rings is 1. The number of hydrogen-bond donors (Lipinski definition) is 1. The van der Waals surface area contributed by atoms with E-state index in [2.05, 4.69) is 35.0 Å². The summed E-state index contributed by atoms with van der Waals surface area (Å²) in [6.07, 6.45) is 1.12. The second-order valence-corrected chi connectivity index (χ2v) is 5.36. The highest BCUT2D eigenvalue weighted by Crippen LogP contribution is 2.28. The second kappa shape index (κ2) is 4.28. The number of nitrogens with zero attached hydrogens (tertiary/aromatic N) is 2. The van der Waals surface area contributed by atoms with Gasteiger partial charge in [0.05, 0.1) is 5.92 Å². The Morgan fingerprint density at radius 1 is 1.44 bits per heavy atom. The summed E-state index contributed by atoms with van der Waals surface area (Å²) >= 11 is 0. The molecule has 0 bridgehead atoms. The number of aliphatic carboxylic acids is 1. The summed E-state index contributed by atoms with van der Waals surface area (Å²) in [7, 11) is 2.12. The van der Waals surface area contributed by atoms with Gasteiger partial charge in [-0.2, -0.15) is 0 Å². The molecule has 1 aromatic rings. The highest BCUT2D eigenvalue weighted by molar-refractivity contribution is 5.71. The van der Waals surface area contributed by atoms with Crippen molar-refractivity contribution in [3.8, 4) is 0 Å². The molecule has 0 saturated carbocycles. The Labute approximate surface area is 107 Å². The van der Waals surface area contributed by atoms with Gasteiger partial charge < -0.3 is 10.0 Å². The smallest absolute Gasteiger partial charge is 0.309 e. The normalized spacial score (nSPS) is 19.7. The van der Waals surface area contributed by atoms with Gasteiger partial charge in [-0.3, -0.25) is 9.69 Å². The lowest BCUT2D eigenvalue weighted by atomic mass is 9.99. The van der Waals surface area contributed by atoms with Crippen LogP contribution in [0.1, 0.15) is 11.1 Å². The Morgan fingerprint density at radius 3 is 2.94 bits per heavy atom. The van der Waals surface area contributed by atoms with Crippen molar-refractivity contribution >= 4 is 11.7 Å². The zero-order valence-electron chi connectivity index (χ0n) is 10.6. The fourth-order valence-electron chi connectivity index (χ4n) is 2.83. The first-order valence-corrected chi connectivity index (χ1v) is 6.41. The lowest BCUT2D eigenvalue weighted by Gasteiger charge is -2.36. The Hall–Kier alpha value is -1.55. The summed E-state index contributed by atoms with van der Waals surface area (Å²) in [5.74, 6) is -0.826. The molecule has 1 fully saturated rings. The van der Waals surface area contributed by atoms with Crippen LogP contribution in [0.3, 0.4) is 0 Å². The molecule has 96 valence electrons. The molecule has 4 heteroatoms. The summed E-state index contributed by atoms with van der Waals surface area (Å²) in [6.45, 7) is 3.35. The van der Waals surface area contributed by atoms with E-state index in [1.54, 1.807) is 0 Å². The molecule has 0 amide bonds. The molecule has 1 aromatic carbocycles. The first kappa shape index (κ1) is 11.5. The van der Waals surface area contributed by atoms with E-state index in [1.807, 2.05) is 0 Å². The van der Waals surface area contributed by atoms with E-state index in [-0.39, 0.29) is 5.92 Å². The molecule has 3 rings (SSSR count). The van der Waals surface area contributed by atoms with Crippen molar-refractivity contribution < 1.29 is 9.90 Å². The van der Waals surface area contributed by atoms with Gasteiger partial charge in [-0.1, -0.05) is 12.1 Å². The first-order chi connectivity index (χ1) is 8.63. The summed E-state index contributed by atoms with van der Waals surface area (Å²) in [5.41, 5.74) is 4.06. The van der Waals surface area contributed by atoms with Crippen LogP contribution in [0.2, 0.25) is 0 Å². The molecule has 0 radical (unpaired) electrons. The summed E-state index contributed by atoms with van der Waals surface area (Å²) in [6, 6.07) is 6.62. The van der Waals surface area contributed by atoms with E-state index in [1.165, 1.54) is 16.8 Å². The van der Waals surface area contributed by atoms with Crippen LogP contribution in [0, 0.1) is 5.92 Å². The maximum absolute atomic E-state index is 10.7. The third kappa shape index (κ3) is 1.97. The molecule has 1 saturated heterocycles. The number of carbonyl (C=O) groups is 1. The zero-order valence-corrected chi connectivity index (χ0v) is 10.6. The molecule has 0 aromatic heterocycles. The predicted octanol–water partition coefficient (Wildman–Crippen LogP) is 1.20. The van der Waals surface area contributed by atoms with E-state index < -0.39 is 5.97 Å². The predicted molar refractivity (Wildman–Crippen MR) is 69.8 cm³/mol. The van der Waals surface area contributed by atoms with Crippen molar-refractivity contribution in [1.82, 2.24) is 4.90 Å². The molecule has 2 aliphatic rings. The van der Waals surface area contributed by atoms with Crippen LogP contribution in [0.4, 0.5) is 5.69 Å². The van der Waals surface area contributed by atoms with E-state index in [0.717, 1.165) is 19.5 Å². The molecule has 2 aliphatic heterocycles. The maximum Gasteiger partial charge on any atom is 0.309 e. The molecule has 0 spiro atoms. The number of hydrogen-bond acceptors (Lipinski definition) is 3. The highest BCUT2D eigenvalue weighted by atomic mass is 16.4. The molecule has 0 atom stereocenters. The third-order valence-corrected chi connectivity index (χ3v) is 3.98. The topological polar surface area (TPSA) is 43.8 Å². The van der Waals surface area contributed by atoms with Crippen molar-refractivity contribution in [2.45, 2.75) is 13.0 Å². The minimum atomic E-state index is -0.665. The minimum Gasteiger partial charge on any atom is -0.481 e. The van der Waals surface area contributed by atoms with E-state index in [0.29, 0.717) is 13.1 Å². The van der Waals surface area contributed by atoms with Gasteiger partial charge in [-0.05, 0) is 23.6 Å². The van der Waals surface area contributed by atoms with Crippen LogP contribution >= 0.6 is 0 Å². The van der Waals surface area contributed by atoms with Gasteiger partial charge in [0.15, 0.2) is 0 Å². The number of carboxylic acid groups (broad SMARTS) is 1. The number of carboxylic acids is 1. The molecule has 4 nitrogen and oxygen atoms in total. The molecule has 18 heavy (non-hydrogen) atoms. The van der Waals surface area contributed by atoms with Gasteiger partial charge in [0.2, 0.25) is 0 Å². The van der Waals surface area contributed by atoms with Crippen LogP contribution in [-0.4, -0.2) is 42.7 Å². The van der Waals surface area contributed by atoms with Crippen molar-refractivity contribution in [3.05, 3.63) is 29.3 Å². The number of fused-ring (bicyclic) bond motifs is 1. The third-order valence-electron chi connectivity index (χ3n) is 3.98. The Balaban J connectivity index is 1.63. The number of likely N-dealkylation sites (N-methyl/N-ethyl adjacent to an activating group) is 1. The van der Waals surface area contributed by atoms with Gasteiger partial charge in [0.25, 0.3) is 0 Å². The maximum atomic E-state index is 10.7. The summed E-state index contributed by atoms with van der Waals surface area (Å²) < 4.78 is 0. The molecule has 0 unspecified atom stereocenters. The number of likely N-dealkylation sites (tertiary alicyclic amines) is 1. The molecular formula is C14H18N2O2. The fourth-order valence-corrected chi connectivity index (χ4v) is 2.83. The SMILES string of the molecule is CN1CCc2cc(CN3CC(C(=O)O)C3)ccc21. The Morgan fingerprint density at radius 2 is 2.22 bits per heavy atom. The van der Waals surface area contributed by atoms with E-state index >= 15 is 0 Å². The summed E-state index contributed by atoms with van der Waals surface area (Å²) in [5, 5.41) is 8.84.